The summed E-state index contributed by atoms with van der Waals surface area (Å²) < 4.78 is 63.3. The van der Waals surface area contributed by atoms with E-state index in [1.807, 2.05) is 6.07 Å². The van der Waals surface area contributed by atoms with Crippen LogP contribution in [-0.2, 0) is 20.6 Å². The van der Waals surface area contributed by atoms with Crippen molar-refractivity contribution in [2.45, 2.75) is 51.2 Å². The predicted octanol–water partition coefficient (Wildman–Crippen LogP) is 3.18. The van der Waals surface area contributed by atoms with Gasteiger partial charge in [-0.25, -0.2) is 25.1 Å². The fourth-order valence-electron chi connectivity index (χ4n) is 3.49. The third-order valence-corrected chi connectivity index (χ3v) is 7.57. The fraction of sp³-hybridized carbons (Fsp3) is 0.409. The molecule has 38 heavy (non-hydrogen) atoms. The highest BCUT2D eigenvalue weighted by Crippen LogP contribution is 2.46. The third-order valence-electron chi connectivity index (χ3n) is 5.46. The summed E-state index contributed by atoms with van der Waals surface area (Å²) in [6.45, 7) is 4.04. The summed E-state index contributed by atoms with van der Waals surface area (Å²) in [6, 6.07) is 3.91. The van der Waals surface area contributed by atoms with Gasteiger partial charge >= 0.3 is 12.1 Å². The topological polar surface area (TPSA) is 181 Å². The van der Waals surface area contributed by atoms with Crippen LogP contribution in [0.3, 0.4) is 0 Å². The molecule has 3 atom stereocenters. The molecule has 0 spiro atoms. The number of nitrogens with zero attached hydrogens (tertiary/aromatic N) is 5. The maximum Gasteiger partial charge on any atom is 0.408 e. The highest BCUT2D eigenvalue weighted by molar-refractivity contribution is 7.59. The standard InChI is InChI=1S/C22H26F3N8O4P/c1-13(9-33-11-30-16-18(27)28-10-29-19(16)33)37-12-38(36,32-21(2,3)20(34)35)31-17(22(23,24)25)15-6-4-14(8-26)5-7-15/h4-7,10-11,13,17H,9,12H2,1-3H3,(H,34,35)(H2,27,28,29)(H2,31,32,36). The summed E-state index contributed by atoms with van der Waals surface area (Å²) in [5, 5.41) is 22.9. The molecule has 2 aromatic heterocycles. The van der Waals surface area contributed by atoms with E-state index >= 15 is 0 Å². The lowest BCUT2D eigenvalue weighted by Gasteiger charge is -2.33. The van der Waals surface area contributed by atoms with Gasteiger partial charge in [-0.05, 0) is 38.5 Å². The van der Waals surface area contributed by atoms with Crippen molar-refractivity contribution in [2.75, 3.05) is 12.1 Å². The molecule has 2 heterocycles. The SMILES string of the molecule is CC(Cn1cnc2c(N)ncnc21)OCP(=O)(NC(c1ccc(C#N)cc1)C(F)(F)F)NC(C)(C)C(=O)O. The quantitative estimate of drug-likeness (QED) is 0.256. The van der Waals surface area contributed by atoms with Crippen LogP contribution in [0.1, 0.15) is 37.9 Å². The van der Waals surface area contributed by atoms with E-state index in [0.29, 0.717) is 11.2 Å². The molecular weight excluding hydrogens is 528 g/mol. The summed E-state index contributed by atoms with van der Waals surface area (Å²) in [5.41, 5.74) is 4.48. The molecule has 0 amide bonds. The van der Waals surface area contributed by atoms with Crippen molar-refractivity contribution in [3.63, 3.8) is 0 Å². The van der Waals surface area contributed by atoms with Gasteiger partial charge in [0.2, 0.25) is 7.44 Å². The summed E-state index contributed by atoms with van der Waals surface area (Å²) in [4.78, 5) is 23.8. The Hall–Kier alpha value is -3.57. The largest absolute Gasteiger partial charge is 0.480 e. The Morgan fingerprint density at radius 3 is 2.50 bits per heavy atom. The lowest BCUT2D eigenvalue weighted by Crippen LogP contribution is -2.49. The van der Waals surface area contributed by atoms with Gasteiger partial charge in [0.05, 0.1) is 30.6 Å². The average Bonchev–Trinajstić information content (AvgIpc) is 3.24. The summed E-state index contributed by atoms with van der Waals surface area (Å²) >= 11 is 0. The number of hydrogen-bond donors (Lipinski definition) is 4. The van der Waals surface area contributed by atoms with Crippen LogP contribution < -0.4 is 15.9 Å². The zero-order valence-corrected chi connectivity index (χ0v) is 21.5. The molecule has 5 N–H and O–H groups in total. The van der Waals surface area contributed by atoms with Crippen LogP contribution in [-0.4, -0.2) is 54.8 Å². The number of carbonyl (C=O) groups is 1. The number of nitrogen functional groups attached to an aromatic ring is 1. The summed E-state index contributed by atoms with van der Waals surface area (Å²) in [7, 11) is -4.39. The molecule has 12 nitrogen and oxygen atoms in total. The predicted molar refractivity (Wildman–Crippen MR) is 131 cm³/mol. The Morgan fingerprint density at radius 1 is 1.26 bits per heavy atom. The molecular formula is C22H26F3N8O4P. The van der Waals surface area contributed by atoms with Crippen LogP contribution in [0.25, 0.3) is 11.2 Å². The van der Waals surface area contributed by atoms with E-state index in [1.165, 1.54) is 38.6 Å². The van der Waals surface area contributed by atoms with Crippen molar-refractivity contribution in [1.82, 2.24) is 29.7 Å². The Kier molecular flexibility index (Phi) is 8.42. The van der Waals surface area contributed by atoms with Crippen molar-refractivity contribution in [1.29, 1.82) is 5.26 Å². The Balaban J connectivity index is 1.86. The number of carboxylic acids is 1. The third kappa shape index (κ3) is 6.84. The lowest BCUT2D eigenvalue weighted by atomic mass is 10.1. The van der Waals surface area contributed by atoms with Crippen molar-refractivity contribution in [3.8, 4) is 6.07 Å². The van der Waals surface area contributed by atoms with Crippen molar-refractivity contribution >= 4 is 30.4 Å². The number of aromatic nitrogens is 4. The summed E-state index contributed by atoms with van der Waals surface area (Å²) in [5.74, 6) is -1.27. The first-order valence-electron chi connectivity index (χ1n) is 11.1. The number of rotatable bonds is 11. The van der Waals surface area contributed by atoms with Gasteiger partial charge in [0.1, 0.15) is 29.8 Å². The Bertz CT molecular complexity index is 1390. The second-order valence-electron chi connectivity index (χ2n) is 9.05. The maximum atomic E-state index is 14.1. The number of alkyl halides is 3. The van der Waals surface area contributed by atoms with E-state index in [4.69, 9.17) is 15.7 Å². The number of anilines is 1. The number of fused-ring (bicyclic) bond motifs is 1. The first kappa shape index (κ1) is 29.0. The normalized spacial score (nSPS) is 15.5. The minimum Gasteiger partial charge on any atom is -0.480 e. The Labute approximate surface area is 215 Å². The minimum atomic E-state index is -4.92. The number of nitrogens with two attached hydrogens (primary N) is 1. The van der Waals surface area contributed by atoms with Crippen molar-refractivity contribution in [3.05, 3.63) is 48.0 Å². The molecule has 0 bridgehead atoms. The number of benzene rings is 1. The molecule has 0 aliphatic carbocycles. The highest BCUT2D eigenvalue weighted by Gasteiger charge is 2.46. The van der Waals surface area contributed by atoms with E-state index < -0.39 is 43.6 Å². The van der Waals surface area contributed by atoms with Gasteiger partial charge in [0.15, 0.2) is 11.5 Å². The van der Waals surface area contributed by atoms with E-state index in [0.717, 1.165) is 12.1 Å². The minimum absolute atomic E-state index is 0.119. The number of imidazole rings is 1. The number of carboxylic acid groups (broad SMARTS) is 1. The molecule has 3 unspecified atom stereocenters. The molecule has 0 radical (unpaired) electrons. The van der Waals surface area contributed by atoms with Gasteiger partial charge < -0.3 is 20.1 Å². The molecule has 3 aromatic rings. The van der Waals surface area contributed by atoms with E-state index in [9.17, 15) is 27.6 Å². The van der Waals surface area contributed by atoms with Gasteiger partial charge in [-0.1, -0.05) is 12.1 Å². The monoisotopic (exact) mass is 554 g/mol. The fourth-order valence-corrected chi connectivity index (χ4v) is 5.87. The summed E-state index contributed by atoms with van der Waals surface area (Å²) in [6.07, 6.45) is -3.73. The van der Waals surface area contributed by atoms with E-state index in [-0.39, 0.29) is 23.5 Å². The molecule has 0 saturated heterocycles. The van der Waals surface area contributed by atoms with Gasteiger partial charge in [-0.3, -0.25) is 9.36 Å². The second-order valence-corrected chi connectivity index (χ2v) is 11.3. The van der Waals surface area contributed by atoms with E-state index in [1.54, 1.807) is 11.5 Å². The van der Waals surface area contributed by atoms with Crippen LogP contribution in [0.15, 0.2) is 36.9 Å². The number of ether oxygens (including phenoxy) is 1. The van der Waals surface area contributed by atoms with Gasteiger partial charge in [0.25, 0.3) is 0 Å². The molecule has 0 aliphatic heterocycles. The molecule has 16 heteroatoms. The lowest BCUT2D eigenvalue weighted by molar-refractivity contribution is -0.153. The molecule has 0 aliphatic rings. The molecule has 204 valence electrons. The van der Waals surface area contributed by atoms with E-state index in [2.05, 4.69) is 25.1 Å². The second kappa shape index (κ2) is 11.0. The van der Waals surface area contributed by atoms with Crippen LogP contribution in [0, 0.1) is 11.3 Å². The highest BCUT2D eigenvalue weighted by atomic mass is 31.2. The molecule has 3 rings (SSSR count). The molecule has 0 saturated carbocycles. The van der Waals surface area contributed by atoms with Gasteiger partial charge in [-0.2, -0.15) is 18.4 Å². The van der Waals surface area contributed by atoms with Crippen LogP contribution >= 0.6 is 7.44 Å². The molecule has 0 fully saturated rings. The smallest absolute Gasteiger partial charge is 0.408 e. The number of aliphatic carboxylic acids is 1. The molecule has 1 aromatic carbocycles. The zero-order chi connectivity index (χ0) is 28.3. The van der Waals surface area contributed by atoms with Crippen molar-refractivity contribution in [2.24, 2.45) is 0 Å². The number of nitrogens with one attached hydrogen (secondary N) is 2. The first-order valence-corrected chi connectivity index (χ1v) is 13.0. The number of nitriles is 1. The average molecular weight is 554 g/mol. The van der Waals surface area contributed by atoms with Crippen LogP contribution in [0.4, 0.5) is 19.0 Å². The van der Waals surface area contributed by atoms with Gasteiger partial charge in [-0.15, -0.1) is 0 Å². The van der Waals surface area contributed by atoms with Gasteiger partial charge in [0, 0.05) is 0 Å². The first-order chi connectivity index (χ1) is 17.6. The number of hydrogen-bond acceptors (Lipinski definition) is 8. The van der Waals surface area contributed by atoms with Crippen LogP contribution in [0.2, 0.25) is 0 Å². The van der Waals surface area contributed by atoms with Crippen LogP contribution in [0.5, 0.6) is 0 Å². The Morgan fingerprint density at radius 2 is 1.92 bits per heavy atom. The zero-order valence-electron chi connectivity index (χ0n) is 20.6. The number of halogens is 3. The van der Waals surface area contributed by atoms with Crippen molar-refractivity contribution < 1.29 is 32.4 Å². The maximum absolute atomic E-state index is 14.1.